The standard InChI is InChI=1S/C13H21N3O4/c1-18-6-4-16-5-7-19-12(8-16)10-20-13-14-3-2-11(9-17)15-13/h2-3,12,17H,4-10H2,1H3. The molecule has 1 N–H and O–H groups in total. The van der Waals surface area contributed by atoms with Crippen LogP contribution in [0.5, 0.6) is 6.01 Å². The van der Waals surface area contributed by atoms with Gasteiger partial charge in [-0.3, -0.25) is 4.90 Å². The highest BCUT2D eigenvalue weighted by molar-refractivity contribution is 5.04. The molecule has 20 heavy (non-hydrogen) atoms. The zero-order valence-corrected chi connectivity index (χ0v) is 11.7. The van der Waals surface area contributed by atoms with E-state index in [9.17, 15) is 0 Å². The topological polar surface area (TPSA) is 76.9 Å². The Bertz CT molecular complexity index is 405. The Hall–Kier alpha value is -1.28. The lowest BCUT2D eigenvalue weighted by atomic mass is 10.3. The maximum absolute atomic E-state index is 9.01. The van der Waals surface area contributed by atoms with Gasteiger partial charge in [0.15, 0.2) is 0 Å². The number of ether oxygens (including phenoxy) is 3. The lowest BCUT2D eigenvalue weighted by Gasteiger charge is -2.32. The molecule has 112 valence electrons. The van der Waals surface area contributed by atoms with E-state index < -0.39 is 0 Å². The molecule has 1 aromatic rings. The summed E-state index contributed by atoms with van der Waals surface area (Å²) in [6, 6.07) is 1.92. The van der Waals surface area contributed by atoms with Crippen molar-refractivity contribution in [3.05, 3.63) is 18.0 Å². The molecule has 0 saturated carbocycles. The Labute approximate surface area is 118 Å². The molecule has 2 rings (SSSR count). The molecule has 0 spiro atoms. The number of hydrogen-bond acceptors (Lipinski definition) is 7. The third-order valence-corrected chi connectivity index (χ3v) is 3.09. The van der Waals surface area contributed by atoms with Crippen molar-refractivity contribution >= 4 is 0 Å². The van der Waals surface area contributed by atoms with E-state index in [0.29, 0.717) is 18.9 Å². The van der Waals surface area contributed by atoms with Crippen LogP contribution >= 0.6 is 0 Å². The maximum atomic E-state index is 9.01. The molecule has 1 atom stereocenters. The average Bonchev–Trinajstić information content (AvgIpc) is 2.51. The van der Waals surface area contributed by atoms with Gasteiger partial charge in [-0.05, 0) is 6.07 Å². The number of aliphatic hydroxyl groups is 1. The summed E-state index contributed by atoms with van der Waals surface area (Å²) in [7, 11) is 1.70. The van der Waals surface area contributed by atoms with Gasteiger partial charge in [0, 0.05) is 32.9 Å². The van der Waals surface area contributed by atoms with Gasteiger partial charge in [0.25, 0.3) is 0 Å². The first-order valence-electron chi connectivity index (χ1n) is 6.70. The highest BCUT2D eigenvalue weighted by Crippen LogP contribution is 2.08. The zero-order valence-electron chi connectivity index (χ0n) is 11.7. The molecular formula is C13H21N3O4. The Kier molecular flexibility index (Phi) is 6.13. The predicted molar refractivity (Wildman–Crippen MR) is 71.5 cm³/mol. The molecule has 1 aliphatic heterocycles. The van der Waals surface area contributed by atoms with Crippen LogP contribution in [0.2, 0.25) is 0 Å². The Morgan fingerprint density at radius 3 is 3.25 bits per heavy atom. The van der Waals surface area contributed by atoms with Crippen LogP contribution in [-0.2, 0) is 16.1 Å². The molecule has 0 aromatic carbocycles. The van der Waals surface area contributed by atoms with Crippen molar-refractivity contribution in [1.29, 1.82) is 0 Å². The Morgan fingerprint density at radius 1 is 1.55 bits per heavy atom. The van der Waals surface area contributed by atoms with Gasteiger partial charge in [0.2, 0.25) is 0 Å². The van der Waals surface area contributed by atoms with E-state index in [1.165, 1.54) is 0 Å². The molecule has 1 aromatic heterocycles. The van der Waals surface area contributed by atoms with Crippen LogP contribution in [-0.4, -0.2) is 72.6 Å². The van der Waals surface area contributed by atoms with Gasteiger partial charge in [-0.1, -0.05) is 0 Å². The van der Waals surface area contributed by atoms with Crippen LogP contribution < -0.4 is 4.74 Å². The van der Waals surface area contributed by atoms with Crippen molar-refractivity contribution in [2.75, 3.05) is 46.6 Å². The third kappa shape index (κ3) is 4.68. The number of methoxy groups -OCH3 is 1. The smallest absolute Gasteiger partial charge is 0.316 e. The normalized spacial score (nSPS) is 20.0. The molecule has 1 saturated heterocycles. The molecule has 7 heteroatoms. The summed E-state index contributed by atoms with van der Waals surface area (Å²) < 4.78 is 16.3. The molecule has 1 unspecified atom stereocenters. The van der Waals surface area contributed by atoms with Crippen LogP contribution in [0.25, 0.3) is 0 Å². The quantitative estimate of drug-likeness (QED) is 0.736. The molecule has 0 amide bonds. The fourth-order valence-corrected chi connectivity index (χ4v) is 2.01. The minimum atomic E-state index is -0.121. The molecule has 0 bridgehead atoms. The van der Waals surface area contributed by atoms with Crippen LogP contribution in [0.15, 0.2) is 12.3 Å². The van der Waals surface area contributed by atoms with Gasteiger partial charge in [-0.2, -0.15) is 4.98 Å². The summed E-state index contributed by atoms with van der Waals surface area (Å²) in [5, 5.41) is 9.01. The fraction of sp³-hybridized carbons (Fsp3) is 0.692. The van der Waals surface area contributed by atoms with Crippen molar-refractivity contribution in [3.63, 3.8) is 0 Å². The number of morpholine rings is 1. The summed E-state index contributed by atoms with van der Waals surface area (Å²) in [4.78, 5) is 10.4. The minimum absolute atomic E-state index is 0.00184. The number of aromatic nitrogens is 2. The van der Waals surface area contributed by atoms with Gasteiger partial charge in [-0.25, -0.2) is 4.98 Å². The fourth-order valence-electron chi connectivity index (χ4n) is 2.01. The summed E-state index contributed by atoms with van der Waals surface area (Å²) in [6.07, 6.45) is 1.57. The van der Waals surface area contributed by atoms with Gasteiger partial charge in [0.1, 0.15) is 12.7 Å². The Morgan fingerprint density at radius 2 is 2.45 bits per heavy atom. The van der Waals surface area contributed by atoms with E-state index in [2.05, 4.69) is 14.9 Å². The number of aliphatic hydroxyl groups excluding tert-OH is 1. The zero-order chi connectivity index (χ0) is 14.2. The lowest BCUT2D eigenvalue weighted by molar-refractivity contribution is -0.0534. The van der Waals surface area contributed by atoms with Crippen LogP contribution in [0.4, 0.5) is 0 Å². The van der Waals surface area contributed by atoms with E-state index in [-0.39, 0.29) is 18.7 Å². The molecule has 1 fully saturated rings. The second kappa shape index (κ2) is 8.11. The number of hydrogen-bond donors (Lipinski definition) is 1. The first kappa shape index (κ1) is 15.1. The SMILES string of the molecule is COCCN1CCOC(COc2nccc(CO)n2)C1. The third-order valence-electron chi connectivity index (χ3n) is 3.09. The van der Waals surface area contributed by atoms with Crippen molar-refractivity contribution in [3.8, 4) is 6.01 Å². The van der Waals surface area contributed by atoms with Gasteiger partial charge >= 0.3 is 6.01 Å². The van der Waals surface area contributed by atoms with E-state index in [1.54, 1.807) is 19.4 Å². The van der Waals surface area contributed by atoms with Crippen LogP contribution in [0, 0.1) is 0 Å². The first-order valence-corrected chi connectivity index (χ1v) is 6.70. The molecule has 7 nitrogen and oxygen atoms in total. The highest BCUT2D eigenvalue weighted by Gasteiger charge is 2.21. The lowest BCUT2D eigenvalue weighted by Crippen LogP contribution is -2.46. The van der Waals surface area contributed by atoms with Gasteiger partial charge in [-0.15, -0.1) is 0 Å². The van der Waals surface area contributed by atoms with E-state index in [4.69, 9.17) is 19.3 Å². The largest absolute Gasteiger partial charge is 0.461 e. The molecule has 1 aliphatic rings. The van der Waals surface area contributed by atoms with Crippen molar-refractivity contribution in [1.82, 2.24) is 14.9 Å². The van der Waals surface area contributed by atoms with Gasteiger partial charge < -0.3 is 19.3 Å². The van der Waals surface area contributed by atoms with Crippen molar-refractivity contribution in [2.24, 2.45) is 0 Å². The first-order chi connectivity index (χ1) is 9.81. The minimum Gasteiger partial charge on any atom is -0.461 e. The monoisotopic (exact) mass is 283 g/mol. The number of nitrogens with zero attached hydrogens (tertiary/aromatic N) is 3. The summed E-state index contributed by atoms with van der Waals surface area (Å²) in [6.45, 7) is 4.30. The molecule has 0 radical (unpaired) electrons. The van der Waals surface area contributed by atoms with Crippen LogP contribution in [0.1, 0.15) is 5.69 Å². The second-order valence-electron chi connectivity index (χ2n) is 4.59. The Balaban J connectivity index is 1.77. The van der Waals surface area contributed by atoms with Crippen molar-refractivity contribution < 1.29 is 19.3 Å². The highest BCUT2D eigenvalue weighted by atomic mass is 16.5. The van der Waals surface area contributed by atoms with Crippen molar-refractivity contribution in [2.45, 2.75) is 12.7 Å². The molecule has 0 aliphatic carbocycles. The summed E-state index contributed by atoms with van der Waals surface area (Å²) in [5.74, 6) is 0. The van der Waals surface area contributed by atoms with E-state index in [0.717, 1.165) is 26.2 Å². The van der Waals surface area contributed by atoms with Crippen LogP contribution in [0.3, 0.4) is 0 Å². The number of rotatable bonds is 7. The second-order valence-corrected chi connectivity index (χ2v) is 4.59. The summed E-state index contributed by atoms with van der Waals surface area (Å²) in [5.41, 5.74) is 0.543. The maximum Gasteiger partial charge on any atom is 0.316 e. The summed E-state index contributed by atoms with van der Waals surface area (Å²) >= 11 is 0. The molecular weight excluding hydrogens is 262 g/mol. The molecule has 2 heterocycles. The van der Waals surface area contributed by atoms with Gasteiger partial charge in [0.05, 0.1) is 25.5 Å². The van der Waals surface area contributed by atoms with E-state index >= 15 is 0 Å². The predicted octanol–water partition coefficient (Wildman–Crippen LogP) is -0.305. The average molecular weight is 283 g/mol. The van der Waals surface area contributed by atoms with E-state index in [1.807, 2.05) is 0 Å².